The van der Waals surface area contributed by atoms with E-state index in [0.29, 0.717) is 11.3 Å². The summed E-state index contributed by atoms with van der Waals surface area (Å²) in [4.78, 5) is 20.3. The first kappa shape index (κ1) is 23.6. The molecule has 0 fully saturated rings. The molecule has 37 heavy (non-hydrogen) atoms. The number of nitrogens with one attached hydrogen (secondary N) is 1. The Hall–Kier alpha value is -3.81. The van der Waals surface area contributed by atoms with Crippen molar-refractivity contribution < 1.29 is 9.53 Å². The van der Waals surface area contributed by atoms with Gasteiger partial charge in [0.05, 0.1) is 22.9 Å². The number of para-hydroxylation sites is 2. The highest BCUT2D eigenvalue weighted by Gasteiger charge is 2.34. The van der Waals surface area contributed by atoms with Crippen LogP contribution in [0, 0.1) is 6.92 Å². The van der Waals surface area contributed by atoms with Gasteiger partial charge in [-0.1, -0.05) is 59.8 Å². The molecule has 1 aliphatic rings. The molecule has 5 aromatic rings. The molecule has 5 nitrogen and oxygen atoms in total. The number of hydrogen-bond acceptors (Lipinski definition) is 6. The van der Waals surface area contributed by atoms with Crippen LogP contribution in [0.15, 0.2) is 95.3 Å². The Morgan fingerprint density at radius 1 is 1.00 bits per heavy atom. The Bertz CT molecular complexity index is 1560. The van der Waals surface area contributed by atoms with Crippen LogP contribution in [0.4, 0.5) is 11.4 Å². The van der Waals surface area contributed by atoms with Crippen molar-refractivity contribution in [2.24, 2.45) is 0 Å². The van der Waals surface area contributed by atoms with Crippen LogP contribution in [0.1, 0.15) is 33.2 Å². The van der Waals surface area contributed by atoms with Gasteiger partial charge in [0.25, 0.3) is 5.91 Å². The van der Waals surface area contributed by atoms with Crippen LogP contribution < -0.4 is 15.0 Å². The zero-order chi connectivity index (χ0) is 25.4. The Morgan fingerprint density at radius 2 is 1.78 bits per heavy atom. The molecule has 0 saturated carbocycles. The molecule has 0 aliphatic carbocycles. The van der Waals surface area contributed by atoms with Crippen molar-refractivity contribution in [3.05, 3.63) is 113 Å². The SMILES string of the molecule is COc1ccc([C@H]2Nc3ccccc3C(=O)N2c2ccc(C)cc2)cc1CSc1nc2ccccc2s1. The van der Waals surface area contributed by atoms with E-state index in [1.807, 2.05) is 90.7 Å². The van der Waals surface area contributed by atoms with Gasteiger partial charge in [-0.15, -0.1) is 11.3 Å². The summed E-state index contributed by atoms with van der Waals surface area (Å²) in [5, 5.41) is 3.61. The smallest absolute Gasteiger partial charge is 0.262 e. The number of anilines is 2. The van der Waals surface area contributed by atoms with Gasteiger partial charge >= 0.3 is 0 Å². The number of thiazole rings is 1. The predicted octanol–water partition coefficient (Wildman–Crippen LogP) is 7.68. The van der Waals surface area contributed by atoms with Gasteiger partial charge < -0.3 is 10.1 Å². The minimum absolute atomic E-state index is 0.0237. The normalized spacial score (nSPS) is 14.9. The predicted molar refractivity (Wildman–Crippen MR) is 153 cm³/mol. The number of aryl methyl sites for hydroxylation is 1. The van der Waals surface area contributed by atoms with E-state index < -0.39 is 0 Å². The summed E-state index contributed by atoms with van der Waals surface area (Å²) in [6, 6.07) is 30.1. The number of carbonyl (C=O) groups excluding carboxylic acids is 1. The summed E-state index contributed by atoms with van der Waals surface area (Å²) in [7, 11) is 1.69. The fourth-order valence-electron chi connectivity index (χ4n) is 4.59. The number of rotatable bonds is 6. The van der Waals surface area contributed by atoms with Crippen molar-refractivity contribution in [1.29, 1.82) is 0 Å². The zero-order valence-electron chi connectivity index (χ0n) is 20.5. The first-order valence-electron chi connectivity index (χ1n) is 12.0. The molecule has 1 N–H and O–H groups in total. The van der Waals surface area contributed by atoms with E-state index >= 15 is 0 Å². The summed E-state index contributed by atoms with van der Waals surface area (Å²) < 4.78 is 7.91. The highest BCUT2D eigenvalue weighted by atomic mass is 32.2. The van der Waals surface area contributed by atoms with E-state index in [0.717, 1.165) is 43.7 Å². The molecular formula is C30H25N3O2S2. The molecule has 1 aromatic heterocycles. The van der Waals surface area contributed by atoms with Crippen LogP contribution in [0.5, 0.6) is 5.75 Å². The fraction of sp³-hybridized carbons (Fsp3) is 0.133. The van der Waals surface area contributed by atoms with E-state index in [9.17, 15) is 4.79 Å². The molecular weight excluding hydrogens is 498 g/mol. The van der Waals surface area contributed by atoms with E-state index in [1.54, 1.807) is 30.2 Å². The number of benzene rings is 4. The number of fused-ring (bicyclic) bond motifs is 2. The number of amides is 1. The molecule has 1 atom stereocenters. The van der Waals surface area contributed by atoms with Gasteiger partial charge in [-0.3, -0.25) is 9.69 Å². The maximum atomic E-state index is 13.7. The highest BCUT2D eigenvalue weighted by Crippen LogP contribution is 2.39. The van der Waals surface area contributed by atoms with Crippen molar-refractivity contribution in [3.63, 3.8) is 0 Å². The molecule has 2 heterocycles. The quantitative estimate of drug-likeness (QED) is 0.231. The number of thioether (sulfide) groups is 1. The van der Waals surface area contributed by atoms with Gasteiger partial charge in [-0.05, 0) is 61.0 Å². The maximum absolute atomic E-state index is 13.7. The molecule has 184 valence electrons. The number of ether oxygens (including phenoxy) is 1. The third-order valence-electron chi connectivity index (χ3n) is 6.48. The maximum Gasteiger partial charge on any atom is 0.262 e. The van der Waals surface area contributed by atoms with E-state index in [1.165, 1.54) is 4.70 Å². The number of hydrogen-bond donors (Lipinski definition) is 1. The van der Waals surface area contributed by atoms with Crippen molar-refractivity contribution in [2.75, 3.05) is 17.3 Å². The molecule has 0 radical (unpaired) electrons. The molecule has 1 aliphatic heterocycles. The van der Waals surface area contributed by atoms with Crippen LogP contribution in [-0.2, 0) is 5.75 Å². The Labute approximate surface area is 224 Å². The molecule has 0 unspecified atom stereocenters. The van der Waals surface area contributed by atoms with Crippen molar-refractivity contribution in [3.8, 4) is 5.75 Å². The second-order valence-corrected chi connectivity index (χ2v) is 11.2. The largest absolute Gasteiger partial charge is 0.496 e. The van der Waals surface area contributed by atoms with Crippen molar-refractivity contribution in [1.82, 2.24) is 4.98 Å². The Kier molecular flexibility index (Phi) is 6.32. The lowest BCUT2D eigenvalue weighted by Gasteiger charge is -2.38. The molecule has 6 rings (SSSR count). The van der Waals surface area contributed by atoms with Gasteiger partial charge in [0.1, 0.15) is 11.9 Å². The van der Waals surface area contributed by atoms with Crippen LogP contribution in [0.3, 0.4) is 0 Å². The van der Waals surface area contributed by atoms with Gasteiger partial charge in [0.2, 0.25) is 0 Å². The third kappa shape index (κ3) is 4.56. The molecule has 4 aromatic carbocycles. The van der Waals surface area contributed by atoms with E-state index in [4.69, 9.17) is 9.72 Å². The minimum atomic E-state index is -0.359. The van der Waals surface area contributed by atoms with Gasteiger partial charge in [0.15, 0.2) is 4.34 Å². The lowest BCUT2D eigenvalue weighted by Crippen LogP contribution is -2.43. The van der Waals surface area contributed by atoms with Gasteiger partial charge in [0, 0.05) is 22.7 Å². The number of carbonyl (C=O) groups is 1. The first-order valence-corrected chi connectivity index (χ1v) is 13.8. The second-order valence-electron chi connectivity index (χ2n) is 8.91. The first-order chi connectivity index (χ1) is 18.1. The third-order valence-corrected chi connectivity index (χ3v) is 8.71. The zero-order valence-corrected chi connectivity index (χ0v) is 22.1. The summed E-state index contributed by atoms with van der Waals surface area (Å²) in [6.45, 7) is 2.05. The lowest BCUT2D eigenvalue weighted by atomic mass is 10.0. The molecule has 0 saturated heterocycles. The van der Waals surface area contributed by atoms with Crippen molar-refractivity contribution in [2.45, 2.75) is 23.2 Å². The van der Waals surface area contributed by atoms with Gasteiger partial charge in [-0.25, -0.2) is 4.98 Å². The molecule has 1 amide bonds. The second kappa shape index (κ2) is 9.92. The summed E-state index contributed by atoms with van der Waals surface area (Å²) in [6.07, 6.45) is -0.359. The monoisotopic (exact) mass is 523 g/mol. The Morgan fingerprint density at radius 3 is 2.59 bits per heavy atom. The summed E-state index contributed by atoms with van der Waals surface area (Å²) in [5.41, 5.74) is 6.57. The molecule has 7 heteroatoms. The number of methoxy groups -OCH3 is 1. The molecule has 0 spiro atoms. The van der Waals surface area contributed by atoms with Crippen LogP contribution in [0.25, 0.3) is 10.2 Å². The van der Waals surface area contributed by atoms with Crippen LogP contribution >= 0.6 is 23.1 Å². The Balaban J connectivity index is 1.36. The standard InChI is InChI=1S/C30H25N3O2S2/c1-19-11-14-22(15-12-19)33-28(31-24-8-4-3-7-23(24)29(33)34)20-13-16-26(35-2)21(17-20)18-36-30-32-25-9-5-6-10-27(25)37-30/h3-17,28,31H,18H2,1-2H3/t28-/m0/s1. The number of aromatic nitrogens is 1. The lowest BCUT2D eigenvalue weighted by molar-refractivity contribution is 0.0975. The molecule has 0 bridgehead atoms. The average Bonchev–Trinajstić information content (AvgIpc) is 3.35. The fourth-order valence-corrected chi connectivity index (χ4v) is 6.64. The highest BCUT2D eigenvalue weighted by molar-refractivity contribution is 8.00. The number of nitrogens with zero attached hydrogens (tertiary/aromatic N) is 2. The topological polar surface area (TPSA) is 54.5 Å². The van der Waals surface area contributed by atoms with Crippen molar-refractivity contribution >= 4 is 50.6 Å². The van der Waals surface area contributed by atoms with Gasteiger partial charge in [-0.2, -0.15) is 0 Å². The van der Waals surface area contributed by atoms with E-state index in [-0.39, 0.29) is 12.1 Å². The summed E-state index contributed by atoms with van der Waals surface area (Å²) in [5.74, 6) is 1.50. The minimum Gasteiger partial charge on any atom is -0.496 e. The summed E-state index contributed by atoms with van der Waals surface area (Å²) >= 11 is 3.40. The van der Waals surface area contributed by atoms with E-state index in [2.05, 4.69) is 17.4 Å². The van der Waals surface area contributed by atoms with Crippen LogP contribution in [-0.4, -0.2) is 18.0 Å². The average molecular weight is 524 g/mol. The van der Waals surface area contributed by atoms with Crippen LogP contribution in [0.2, 0.25) is 0 Å².